The largest absolute Gasteiger partial charge is 0.493 e. The molecule has 0 saturated heterocycles. The van der Waals surface area contributed by atoms with E-state index in [0.29, 0.717) is 17.4 Å². The van der Waals surface area contributed by atoms with Crippen LogP contribution in [0.25, 0.3) is 10.4 Å². The van der Waals surface area contributed by atoms with Crippen molar-refractivity contribution in [3.63, 3.8) is 0 Å². The van der Waals surface area contributed by atoms with Gasteiger partial charge in [-0.1, -0.05) is 43.0 Å². The first-order valence-electron chi connectivity index (χ1n) is 9.48. The maximum Gasteiger partial charge on any atom is 0.351 e. The van der Waals surface area contributed by atoms with Crippen molar-refractivity contribution in [2.75, 3.05) is 20.3 Å². The third kappa shape index (κ3) is 5.42. The number of aliphatic carboxylic acids is 1. The summed E-state index contributed by atoms with van der Waals surface area (Å²) in [7, 11) is 1.25. The quantitative estimate of drug-likeness (QED) is 0.565. The van der Waals surface area contributed by atoms with Gasteiger partial charge in [-0.3, -0.25) is 0 Å². The van der Waals surface area contributed by atoms with E-state index in [-0.39, 0.29) is 15.6 Å². The van der Waals surface area contributed by atoms with Crippen molar-refractivity contribution in [3.8, 4) is 21.9 Å². The second kappa shape index (κ2) is 9.98. The first-order chi connectivity index (χ1) is 14.0. The van der Waals surface area contributed by atoms with Gasteiger partial charge in [0.15, 0.2) is 17.2 Å². The molecule has 0 bridgehead atoms. The summed E-state index contributed by atoms with van der Waals surface area (Å²) in [5.41, 5.74) is 0.761. The number of carbonyl (C=O) groups excluding carboxylic acids is 1. The van der Waals surface area contributed by atoms with Crippen molar-refractivity contribution >= 4 is 34.9 Å². The molecule has 1 aliphatic rings. The second-order valence-electron chi connectivity index (χ2n) is 6.92. The average molecular weight is 439 g/mol. The van der Waals surface area contributed by atoms with Crippen molar-refractivity contribution in [1.29, 1.82) is 0 Å². The Morgan fingerprint density at radius 1 is 1.21 bits per heavy atom. The summed E-state index contributed by atoms with van der Waals surface area (Å²) in [5, 5.41) is 9.06. The topological polar surface area (TPSA) is 82.1 Å². The molecule has 29 heavy (non-hydrogen) atoms. The minimum absolute atomic E-state index is 0.0226. The van der Waals surface area contributed by atoms with Crippen LogP contribution in [0.4, 0.5) is 0 Å². The molecule has 8 heteroatoms. The number of carbonyl (C=O) groups is 2. The Morgan fingerprint density at radius 2 is 1.97 bits per heavy atom. The Balaban J connectivity index is 1.83. The van der Waals surface area contributed by atoms with E-state index in [9.17, 15) is 9.59 Å². The lowest BCUT2D eigenvalue weighted by Gasteiger charge is -2.21. The van der Waals surface area contributed by atoms with Crippen molar-refractivity contribution in [3.05, 3.63) is 34.2 Å². The van der Waals surface area contributed by atoms with Crippen LogP contribution >= 0.6 is 22.9 Å². The molecule has 1 aromatic heterocycles. The van der Waals surface area contributed by atoms with Gasteiger partial charge in [-0.2, -0.15) is 0 Å². The first-order valence-corrected chi connectivity index (χ1v) is 10.7. The molecule has 156 valence electrons. The molecular formula is C21H23ClO6S. The van der Waals surface area contributed by atoms with Crippen LogP contribution in [0.2, 0.25) is 5.02 Å². The minimum atomic E-state index is -1.16. The fraction of sp³-hybridized carbons (Fsp3) is 0.429. The molecular weight excluding hydrogens is 416 g/mol. The molecule has 1 saturated carbocycles. The van der Waals surface area contributed by atoms with Crippen molar-refractivity contribution in [2.24, 2.45) is 5.92 Å². The van der Waals surface area contributed by atoms with Gasteiger partial charge in [-0.15, -0.1) is 11.3 Å². The number of carboxylic acid groups (broad SMARTS) is 1. The van der Waals surface area contributed by atoms with Crippen LogP contribution in [0.3, 0.4) is 0 Å². The molecule has 0 radical (unpaired) electrons. The zero-order valence-electron chi connectivity index (χ0n) is 16.1. The van der Waals surface area contributed by atoms with Crippen molar-refractivity contribution < 1.29 is 28.9 Å². The van der Waals surface area contributed by atoms with Crippen LogP contribution in [0.15, 0.2) is 24.3 Å². The number of hydrogen-bond acceptors (Lipinski definition) is 6. The van der Waals surface area contributed by atoms with E-state index < -0.39 is 18.5 Å². The molecule has 0 amide bonds. The van der Waals surface area contributed by atoms with E-state index in [1.807, 2.05) is 24.3 Å². The number of esters is 1. The number of halogens is 1. The minimum Gasteiger partial charge on any atom is -0.493 e. The molecule has 2 aromatic rings. The van der Waals surface area contributed by atoms with Gasteiger partial charge in [0.05, 0.1) is 18.6 Å². The van der Waals surface area contributed by atoms with E-state index in [0.717, 1.165) is 22.6 Å². The molecule has 0 atom stereocenters. The van der Waals surface area contributed by atoms with Gasteiger partial charge >= 0.3 is 11.9 Å². The lowest BCUT2D eigenvalue weighted by atomic mass is 9.90. The van der Waals surface area contributed by atoms with Crippen LogP contribution < -0.4 is 9.47 Å². The zero-order chi connectivity index (χ0) is 20.8. The van der Waals surface area contributed by atoms with Crippen LogP contribution in [0.5, 0.6) is 11.5 Å². The van der Waals surface area contributed by atoms with E-state index in [4.69, 9.17) is 30.9 Å². The number of benzene rings is 1. The number of hydrogen-bond donors (Lipinski definition) is 1. The number of thiophene rings is 1. The molecule has 6 nitrogen and oxygen atoms in total. The fourth-order valence-electron chi connectivity index (χ4n) is 3.37. The highest BCUT2D eigenvalue weighted by atomic mass is 35.5. The summed E-state index contributed by atoms with van der Waals surface area (Å²) in [6, 6.07) is 7.46. The lowest BCUT2D eigenvalue weighted by molar-refractivity contribution is -0.139. The summed E-state index contributed by atoms with van der Waals surface area (Å²) < 4.78 is 16.0. The Morgan fingerprint density at radius 3 is 2.66 bits per heavy atom. The van der Waals surface area contributed by atoms with E-state index >= 15 is 0 Å². The molecule has 1 aliphatic carbocycles. The molecule has 1 N–H and O–H groups in total. The first kappa shape index (κ1) is 21.5. The van der Waals surface area contributed by atoms with E-state index in [1.54, 1.807) is 0 Å². The molecule has 1 heterocycles. The zero-order valence-corrected chi connectivity index (χ0v) is 17.7. The summed E-state index contributed by atoms with van der Waals surface area (Å²) in [6.07, 6.45) is 6.21. The third-order valence-electron chi connectivity index (χ3n) is 4.83. The van der Waals surface area contributed by atoms with Crippen LogP contribution in [-0.4, -0.2) is 37.4 Å². The van der Waals surface area contributed by atoms with Crippen LogP contribution in [0.1, 0.15) is 41.8 Å². The van der Waals surface area contributed by atoms with Gasteiger partial charge < -0.3 is 19.3 Å². The molecule has 0 aliphatic heterocycles. The van der Waals surface area contributed by atoms with Gasteiger partial charge in [0.25, 0.3) is 0 Å². The molecule has 1 aromatic carbocycles. The molecule has 3 rings (SSSR count). The highest BCUT2D eigenvalue weighted by Gasteiger charge is 2.26. The number of methoxy groups -OCH3 is 1. The Labute approximate surface area is 178 Å². The van der Waals surface area contributed by atoms with E-state index in [2.05, 4.69) is 0 Å². The predicted octanol–water partition coefficient (Wildman–Crippen LogP) is 5.28. The number of carboxylic acids is 1. The van der Waals surface area contributed by atoms with Gasteiger partial charge in [0.1, 0.15) is 10.8 Å². The summed E-state index contributed by atoms with van der Waals surface area (Å²) in [5.74, 6) is -0.463. The number of rotatable bonds is 8. The SMILES string of the molecule is COC(=O)c1sc(-c2cccc(OCC3CCCCC3)c2)c(Cl)c1OCC(=O)O. The van der Waals surface area contributed by atoms with Crippen molar-refractivity contribution in [1.82, 2.24) is 0 Å². The van der Waals surface area contributed by atoms with Crippen LogP contribution in [-0.2, 0) is 9.53 Å². The molecule has 0 spiro atoms. The lowest BCUT2D eigenvalue weighted by Crippen LogP contribution is -2.15. The highest BCUT2D eigenvalue weighted by Crippen LogP contribution is 2.46. The predicted molar refractivity (Wildman–Crippen MR) is 111 cm³/mol. The maximum absolute atomic E-state index is 12.1. The monoisotopic (exact) mass is 438 g/mol. The maximum atomic E-state index is 12.1. The van der Waals surface area contributed by atoms with Gasteiger partial charge in [0, 0.05) is 0 Å². The summed E-state index contributed by atoms with van der Waals surface area (Å²) >= 11 is 7.54. The number of ether oxygens (including phenoxy) is 3. The normalized spacial score (nSPS) is 14.4. The summed E-state index contributed by atoms with van der Waals surface area (Å²) in [6.45, 7) is 0.0758. The second-order valence-corrected chi connectivity index (χ2v) is 8.32. The Bertz CT molecular complexity index is 872. The fourth-order valence-corrected chi connectivity index (χ4v) is 4.85. The van der Waals surface area contributed by atoms with Crippen molar-refractivity contribution in [2.45, 2.75) is 32.1 Å². The molecule has 1 fully saturated rings. The average Bonchev–Trinajstić information content (AvgIpc) is 3.07. The highest BCUT2D eigenvalue weighted by molar-refractivity contribution is 7.18. The smallest absolute Gasteiger partial charge is 0.351 e. The van der Waals surface area contributed by atoms with Gasteiger partial charge in [-0.05, 0) is 36.5 Å². The summed E-state index contributed by atoms with van der Waals surface area (Å²) in [4.78, 5) is 23.7. The van der Waals surface area contributed by atoms with Crippen LogP contribution in [0, 0.1) is 5.92 Å². The van der Waals surface area contributed by atoms with Gasteiger partial charge in [-0.25, -0.2) is 9.59 Å². The van der Waals surface area contributed by atoms with E-state index in [1.165, 1.54) is 39.2 Å². The van der Waals surface area contributed by atoms with Gasteiger partial charge in [0.2, 0.25) is 0 Å². The Kier molecular flexibility index (Phi) is 7.39. The third-order valence-corrected chi connectivity index (χ3v) is 6.50. The molecule has 0 unspecified atom stereocenters. The standard InChI is InChI=1S/C21H23ClO6S/c1-26-21(25)20-18(28-12-16(23)24)17(22)19(29-20)14-8-5-9-15(10-14)27-11-13-6-3-2-4-7-13/h5,8-10,13H,2-4,6-7,11-12H2,1H3,(H,23,24). The Hall–Kier alpha value is -2.25.